The van der Waals surface area contributed by atoms with Gasteiger partial charge in [-0.15, -0.1) is 5.10 Å². The molecule has 0 bridgehead atoms. The number of nitrogens with one attached hydrogen (secondary N) is 1. The molecule has 29 heavy (non-hydrogen) atoms. The average Bonchev–Trinajstić information content (AvgIpc) is 3.00. The first-order valence-corrected chi connectivity index (χ1v) is 9.64. The first kappa shape index (κ1) is 19.2. The molecule has 2 aromatic heterocycles. The van der Waals surface area contributed by atoms with Crippen molar-refractivity contribution < 1.29 is 9.18 Å². The van der Waals surface area contributed by atoms with E-state index < -0.39 is 17.4 Å². The minimum Gasteiger partial charge on any atom is -0.323 e. The van der Waals surface area contributed by atoms with Gasteiger partial charge < -0.3 is 5.32 Å². The Bertz CT molecular complexity index is 1260. The highest BCUT2D eigenvalue weighted by molar-refractivity contribution is 7.99. The normalized spacial score (nSPS) is 11.0. The van der Waals surface area contributed by atoms with Crippen LogP contribution in [0.4, 0.5) is 10.1 Å². The van der Waals surface area contributed by atoms with Gasteiger partial charge in [0.1, 0.15) is 17.4 Å². The van der Waals surface area contributed by atoms with Gasteiger partial charge in [0.25, 0.3) is 0 Å². The Morgan fingerprint density at radius 1 is 1.10 bits per heavy atom. The summed E-state index contributed by atoms with van der Waals surface area (Å²) in [6, 6.07) is 16.6. The highest BCUT2D eigenvalue weighted by Gasteiger charge is 2.14. The van der Waals surface area contributed by atoms with E-state index in [1.807, 2.05) is 30.3 Å². The van der Waals surface area contributed by atoms with Crippen LogP contribution in [0.2, 0.25) is 5.02 Å². The first-order valence-electron chi connectivity index (χ1n) is 8.44. The largest absolute Gasteiger partial charge is 0.367 e. The maximum Gasteiger partial charge on any atom is 0.367 e. The van der Waals surface area contributed by atoms with E-state index >= 15 is 0 Å². The molecule has 0 atom stereocenters. The van der Waals surface area contributed by atoms with E-state index in [2.05, 4.69) is 15.5 Å². The van der Waals surface area contributed by atoms with E-state index in [4.69, 9.17) is 11.6 Å². The van der Waals surface area contributed by atoms with Crippen molar-refractivity contribution >= 4 is 40.6 Å². The topological polar surface area (TPSA) is 81.3 Å². The van der Waals surface area contributed by atoms with E-state index in [-0.39, 0.29) is 17.3 Å². The highest BCUT2D eigenvalue weighted by atomic mass is 35.5. The van der Waals surface area contributed by atoms with Crippen molar-refractivity contribution in [3.05, 3.63) is 82.0 Å². The summed E-state index contributed by atoms with van der Waals surface area (Å²) in [7, 11) is 0. The molecule has 2 heterocycles. The number of halogens is 2. The van der Waals surface area contributed by atoms with Crippen LogP contribution in [0.3, 0.4) is 0 Å². The lowest BCUT2D eigenvalue weighted by atomic mass is 10.3. The quantitative estimate of drug-likeness (QED) is 0.525. The number of rotatable bonds is 5. The van der Waals surface area contributed by atoms with Crippen LogP contribution in [0.15, 0.2) is 75.4 Å². The third kappa shape index (κ3) is 4.30. The summed E-state index contributed by atoms with van der Waals surface area (Å²) in [6.45, 7) is -0.336. The number of carbonyl (C=O) groups excluding carboxylic acids is 1. The van der Waals surface area contributed by atoms with Gasteiger partial charge in [-0.25, -0.2) is 13.9 Å². The molecule has 4 aromatic rings. The molecular weight excluding hydrogens is 417 g/mol. The van der Waals surface area contributed by atoms with E-state index in [1.165, 1.54) is 23.9 Å². The molecule has 0 aliphatic carbocycles. The van der Waals surface area contributed by atoms with Crippen LogP contribution in [0, 0.1) is 5.82 Å². The summed E-state index contributed by atoms with van der Waals surface area (Å²) in [5, 5.41) is 11.6. The molecule has 0 saturated heterocycles. The van der Waals surface area contributed by atoms with Crippen molar-refractivity contribution in [1.29, 1.82) is 0 Å². The zero-order valence-electron chi connectivity index (χ0n) is 14.8. The van der Waals surface area contributed by atoms with Crippen LogP contribution in [0.25, 0.3) is 5.65 Å². The molecule has 0 aliphatic heterocycles. The monoisotopic (exact) mass is 429 g/mol. The van der Waals surface area contributed by atoms with Crippen molar-refractivity contribution in [3.8, 4) is 0 Å². The Labute approximate surface area is 173 Å². The second kappa shape index (κ2) is 8.06. The molecule has 1 amide bonds. The first-order chi connectivity index (χ1) is 14.0. The number of fused-ring (bicyclic) bond motifs is 1. The second-order valence-electron chi connectivity index (χ2n) is 5.97. The van der Waals surface area contributed by atoms with Gasteiger partial charge in [-0.05, 0) is 42.5 Å². The minimum atomic E-state index is -0.545. The molecule has 10 heteroatoms. The van der Waals surface area contributed by atoms with Crippen LogP contribution in [-0.4, -0.2) is 25.3 Å². The fourth-order valence-electron chi connectivity index (χ4n) is 2.58. The maximum atomic E-state index is 13.1. The van der Waals surface area contributed by atoms with Gasteiger partial charge in [0, 0.05) is 4.90 Å². The van der Waals surface area contributed by atoms with Crippen molar-refractivity contribution in [3.63, 3.8) is 0 Å². The standard InChI is InChI=1S/C19H13ClFN5O2S/c20-14-10-12(21)6-7-15(14)22-17(27)11-25-19(28)26-16(23-25)8-9-18(24-26)29-13-4-2-1-3-5-13/h1-10H,11H2,(H,22,27). The van der Waals surface area contributed by atoms with E-state index in [0.29, 0.717) is 10.7 Å². The van der Waals surface area contributed by atoms with Crippen LogP contribution >= 0.6 is 23.4 Å². The Morgan fingerprint density at radius 3 is 2.66 bits per heavy atom. The molecule has 4 rings (SSSR count). The molecule has 0 unspecified atom stereocenters. The molecular formula is C19H13ClFN5O2S. The maximum absolute atomic E-state index is 13.1. The lowest BCUT2D eigenvalue weighted by Crippen LogP contribution is -2.29. The predicted molar refractivity (Wildman–Crippen MR) is 108 cm³/mol. The van der Waals surface area contributed by atoms with Crippen LogP contribution in [0.1, 0.15) is 0 Å². The zero-order chi connectivity index (χ0) is 20.4. The van der Waals surface area contributed by atoms with Gasteiger partial charge in [-0.3, -0.25) is 4.79 Å². The number of hydrogen-bond donors (Lipinski definition) is 1. The van der Waals surface area contributed by atoms with Gasteiger partial charge in [0.2, 0.25) is 5.91 Å². The summed E-state index contributed by atoms with van der Waals surface area (Å²) in [5.41, 5.74) is 0.0189. The fraction of sp³-hybridized carbons (Fsp3) is 0.0526. The smallest absolute Gasteiger partial charge is 0.323 e. The molecule has 146 valence electrons. The summed E-state index contributed by atoms with van der Waals surface area (Å²) < 4.78 is 15.3. The lowest BCUT2D eigenvalue weighted by Gasteiger charge is -2.06. The summed E-state index contributed by atoms with van der Waals surface area (Å²) in [5.74, 6) is -1.04. The predicted octanol–water partition coefficient (Wildman–Crippen LogP) is 3.47. The zero-order valence-corrected chi connectivity index (χ0v) is 16.3. The van der Waals surface area contributed by atoms with Crippen molar-refractivity contribution in [2.24, 2.45) is 0 Å². The third-order valence-electron chi connectivity index (χ3n) is 3.88. The number of hydrogen-bond acceptors (Lipinski definition) is 5. The lowest BCUT2D eigenvalue weighted by molar-refractivity contribution is -0.117. The highest BCUT2D eigenvalue weighted by Crippen LogP contribution is 2.25. The number of anilines is 1. The van der Waals surface area contributed by atoms with Gasteiger partial charge in [0.15, 0.2) is 5.65 Å². The van der Waals surface area contributed by atoms with Gasteiger partial charge in [0.05, 0.1) is 10.7 Å². The van der Waals surface area contributed by atoms with E-state index in [1.54, 1.807) is 12.1 Å². The van der Waals surface area contributed by atoms with Crippen LogP contribution in [0.5, 0.6) is 0 Å². The molecule has 0 aliphatic rings. The van der Waals surface area contributed by atoms with Crippen LogP contribution < -0.4 is 11.0 Å². The summed E-state index contributed by atoms with van der Waals surface area (Å²) in [4.78, 5) is 25.8. The molecule has 1 N–H and O–H groups in total. The third-order valence-corrected chi connectivity index (χ3v) is 5.13. The van der Waals surface area contributed by atoms with Gasteiger partial charge in [-0.2, -0.15) is 9.61 Å². The van der Waals surface area contributed by atoms with Gasteiger partial charge in [-0.1, -0.05) is 41.6 Å². The molecule has 7 nitrogen and oxygen atoms in total. The minimum absolute atomic E-state index is 0.0601. The number of carbonyl (C=O) groups is 1. The summed E-state index contributed by atoms with van der Waals surface area (Å²) >= 11 is 7.31. The number of nitrogens with zero attached hydrogens (tertiary/aromatic N) is 4. The van der Waals surface area contributed by atoms with E-state index in [0.717, 1.165) is 20.2 Å². The number of benzene rings is 2. The Balaban J connectivity index is 1.54. The molecule has 2 aromatic carbocycles. The Morgan fingerprint density at radius 2 is 1.90 bits per heavy atom. The molecule has 0 saturated carbocycles. The number of amides is 1. The SMILES string of the molecule is O=C(Cn1nc2ccc(Sc3ccccc3)nn2c1=O)Nc1ccc(F)cc1Cl. The summed E-state index contributed by atoms with van der Waals surface area (Å²) in [6.07, 6.45) is 0. The Kier molecular flexibility index (Phi) is 5.32. The van der Waals surface area contributed by atoms with Crippen LogP contribution in [-0.2, 0) is 11.3 Å². The molecule has 0 fully saturated rings. The second-order valence-corrected chi connectivity index (χ2v) is 7.47. The molecule has 0 spiro atoms. The van der Waals surface area contributed by atoms with E-state index in [9.17, 15) is 14.0 Å². The fourth-order valence-corrected chi connectivity index (χ4v) is 3.58. The number of aromatic nitrogens is 4. The Hall–Kier alpha value is -3.17. The van der Waals surface area contributed by atoms with Crippen molar-refractivity contribution in [2.45, 2.75) is 16.5 Å². The average molecular weight is 430 g/mol. The molecule has 0 radical (unpaired) electrons. The van der Waals surface area contributed by atoms with Gasteiger partial charge >= 0.3 is 5.69 Å². The van der Waals surface area contributed by atoms with Crippen molar-refractivity contribution in [1.82, 2.24) is 19.4 Å². The van der Waals surface area contributed by atoms with Crippen molar-refractivity contribution in [2.75, 3.05) is 5.32 Å².